The lowest BCUT2D eigenvalue weighted by atomic mass is 10.00. The lowest BCUT2D eigenvalue weighted by molar-refractivity contribution is 0.166. The fourth-order valence-corrected chi connectivity index (χ4v) is 2.72. The molecule has 0 spiro atoms. The van der Waals surface area contributed by atoms with Gasteiger partial charge in [0.15, 0.2) is 0 Å². The number of aliphatic hydroxyl groups excluding tert-OH is 1. The first-order chi connectivity index (χ1) is 8.11. The smallest absolute Gasteiger partial charge is 0.123 e. The van der Waals surface area contributed by atoms with Crippen molar-refractivity contribution in [2.45, 2.75) is 44.1 Å². The van der Waals surface area contributed by atoms with E-state index in [0.29, 0.717) is 11.7 Å². The highest BCUT2D eigenvalue weighted by atomic mass is 32.2. The first-order valence-electron chi connectivity index (χ1n) is 6.18. The molecule has 1 nitrogen and oxygen atoms in total. The topological polar surface area (TPSA) is 20.2 Å². The molecular formula is C14H21FOS. The minimum absolute atomic E-state index is 0.216. The van der Waals surface area contributed by atoms with Gasteiger partial charge >= 0.3 is 0 Å². The molecule has 0 aliphatic carbocycles. The Bertz CT molecular complexity index is 313. The van der Waals surface area contributed by atoms with Crippen LogP contribution in [0, 0.1) is 11.7 Å². The normalized spacial score (nSPS) is 14.6. The highest BCUT2D eigenvalue weighted by Gasteiger charge is 2.10. The van der Waals surface area contributed by atoms with Crippen molar-refractivity contribution in [2.24, 2.45) is 5.92 Å². The summed E-state index contributed by atoms with van der Waals surface area (Å²) in [4.78, 5) is 1.01. The average Bonchev–Trinajstić information content (AvgIpc) is 2.28. The summed E-state index contributed by atoms with van der Waals surface area (Å²) in [5.41, 5.74) is 0. The number of thioether (sulfide) groups is 1. The fraction of sp³-hybridized carbons (Fsp3) is 0.571. The van der Waals surface area contributed by atoms with Crippen molar-refractivity contribution in [3.8, 4) is 0 Å². The number of hydrogen-bond donors (Lipinski definition) is 1. The molecule has 0 radical (unpaired) electrons. The second-order valence-corrected chi connectivity index (χ2v) is 5.64. The van der Waals surface area contributed by atoms with Crippen LogP contribution in [0.4, 0.5) is 4.39 Å². The molecule has 1 aromatic rings. The van der Waals surface area contributed by atoms with Crippen molar-refractivity contribution in [3.05, 3.63) is 30.1 Å². The molecule has 0 bridgehead atoms. The van der Waals surface area contributed by atoms with Crippen LogP contribution < -0.4 is 0 Å². The molecular weight excluding hydrogens is 235 g/mol. The molecule has 0 saturated heterocycles. The molecule has 1 N–H and O–H groups in total. The summed E-state index contributed by atoms with van der Waals surface area (Å²) in [6.45, 7) is 4.34. The van der Waals surface area contributed by atoms with Gasteiger partial charge in [0.05, 0.1) is 6.10 Å². The zero-order valence-electron chi connectivity index (χ0n) is 10.5. The predicted octanol–water partition coefficient (Wildman–Crippen LogP) is 4.11. The van der Waals surface area contributed by atoms with Gasteiger partial charge in [-0.15, -0.1) is 11.8 Å². The van der Waals surface area contributed by atoms with E-state index in [9.17, 15) is 9.50 Å². The Hall–Kier alpha value is -0.540. The van der Waals surface area contributed by atoms with Gasteiger partial charge in [-0.05, 0) is 36.6 Å². The van der Waals surface area contributed by atoms with Crippen LogP contribution in [-0.2, 0) is 0 Å². The maximum atomic E-state index is 12.7. The van der Waals surface area contributed by atoms with Crippen LogP contribution in [0.25, 0.3) is 0 Å². The zero-order valence-corrected chi connectivity index (χ0v) is 11.3. The predicted molar refractivity (Wildman–Crippen MR) is 71.8 cm³/mol. The van der Waals surface area contributed by atoms with Crippen molar-refractivity contribution in [1.29, 1.82) is 0 Å². The molecule has 0 amide bonds. The highest BCUT2D eigenvalue weighted by molar-refractivity contribution is 7.99. The van der Waals surface area contributed by atoms with E-state index < -0.39 is 0 Å². The number of aliphatic hydroxyl groups is 1. The van der Waals surface area contributed by atoms with E-state index in [-0.39, 0.29) is 11.9 Å². The third kappa shape index (κ3) is 6.08. The van der Waals surface area contributed by atoms with E-state index in [2.05, 4.69) is 13.8 Å². The molecule has 0 aliphatic rings. The van der Waals surface area contributed by atoms with Gasteiger partial charge in [-0.25, -0.2) is 4.39 Å². The minimum atomic E-state index is -0.272. The van der Waals surface area contributed by atoms with Gasteiger partial charge in [-0.2, -0.15) is 0 Å². The summed E-state index contributed by atoms with van der Waals surface area (Å²) in [5.74, 6) is 1.04. The van der Waals surface area contributed by atoms with Crippen LogP contribution in [0.5, 0.6) is 0 Å². The van der Waals surface area contributed by atoms with Gasteiger partial charge < -0.3 is 5.11 Å². The Balaban J connectivity index is 2.27. The van der Waals surface area contributed by atoms with E-state index in [1.54, 1.807) is 23.9 Å². The highest BCUT2D eigenvalue weighted by Crippen LogP contribution is 2.22. The Morgan fingerprint density at radius 1 is 1.29 bits per heavy atom. The van der Waals surface area contributed by atoms with Crippen molar-refractivity contribution < 1.29 is 9.50 Å². The zero-order chi connectivity index (χ0) is 12.7. The first-order valence-corrected chi connectivity index (χ1v) is 7.16. The molecule has 3 heteroatoms. The molecule has 17 heavy (non-hydrogen) atoms. The molecule has 0 aromatic heterocycles. The van der Waals surface area contributed by atoms with Crippen LogP contribution in [-0.4, -0.2) is 17.0 Å². The van der Waals surface area contributed by atoms with Crippen LogP contribution in [0.15, 0.2) is 29.2 Å². The largest absolute Gasteiger partial charge is 0.392 e. The Morgan fingerprint density at radius 3 is 2.53 bits per heavy atom. The number of rotatable bonds is 7. The van der Waals surface area contributed by atoms with Crippen molar-refractivity contribution in [3.63, 3.8) is 0 Å². The Morgan fingerprint density at radius 2 is 1.94 bits per heavy atom. The van der Waals surface area contributed by atoms with Crippen molar-refractivity contribution in [1.82, 2.24) is 0 Å². The Kier molecular flexibility index (Phi) is 6.60. The van der Waals surface area contributed by atoms with Crippen molar-refractivity contribution in [2.75, 3.05) is 5.75 Å². The van der Waals surface area contributed by atoms with Gasteiger partial charge in [0.1, 0.15) is 5.82 Å². The standard InChI is InChI=1S/C14H21FOS/c1-3-4-11(2)9-13(16)10-17-14-7-5-12(15)6-8-14/h5-8,11,13,16H,3-4,9-10H2,1-2H3. The van der Waals surface area contributed by atoms with E-state index in [4.69, 9.17) is 0 Å². The molecule has 0 saturated carbocycles. The molecule has 1 aromatic carbocycles. The average molecular weight is 256 g/mol. The summed E-state index contributed by atoms with van der Waals surface area (Å²) in [6, 6.07) is 6.41. The summed E-state index contributed by atoms with van der Waals surface area (Å²) < 4.78 is 12.7. The van der Waals surface area contributed by atoms with E-state index in [1.807, 2.05) is 0 Å². The molecule has 0 aliphatic heterocycles. The molecule has 1 rings (SSSR count). The summed E-state index contributed by atoms with van der Waals surface area (Å²) in [7, 11) is 0. The maximum absolute atomic E-state index is 12.7. The second-order valence-electron chi connectivity index (χ2n) is 4.55. The van der Waals surface area contributed by atoms with E-state index >= 15 is 0 Å². The first kappa shape index (κ1) is 14.5. The van der Waals surface area contributed by atoms with E-state index in [1.165, 1.54) is 18.6 Å². The summed E-state index contributed by atoms with van der Waals surface area (Å²) >= 11 is 1.58. The lowest BCUT2D eigenvalue weighted by Gasteiger charge is -2.15. The molecule has 2 unspecified atom stereocenters. The number of halogens is 1. The summed E-state index contributed by atoms with van der Waals surface area (Å²) in [6.07, 6.45) is 2.91. The third-order valence-corrected chi connectivity index (χ3v) is 3.87. The lowest BCUT2D eigenvalue weighted by Crippen LogP contribution is -2.14. The van der Waals surface area contributed by atoms with Gasteiger partial charge in [-0.1, -0.05) is 26.7 Å². The third-order valence-electron chi connectivity index (χ3n) is 2.71. The molecule has 96 valence electrons. The van der Waals surface area contributed by atoms with Gasteiger partial charge in [-0.3, -0.25) is 0 Å². The van der Waals surface area contributed by atoms with Crippen LogP contribution in [0.3, 0.4) is 0 Å². The fourth-order valence-electron chi connectivity index (χ4n) is 1.87. The Labute approximate surface area is 107 Å². The van der Waals surface area contributed by atoms with Crippen LogP contribution in [0.2, 0.25) is 0 Å². The monoisotopic (exact) mass is 256 g/mol. The molecule has 0 fully saturated rings. The summed E-state index contributed by atoms with van der Waals surface area (Å²) in [5, 5.41) is 9.87. The second kappa shape index (κ2) is 7.72. The van der Waals surface area contributed by atoms with Gasteiger partial charge in [0.25, 0.3) is 0 Å². The minimum Gasteiger partial charge on any atom is -0.392 e. The molecule has 2 atom stereocenters. The maximum Gasteiger partial charge on any atom is 0.123 e. The number of benzene rings is 1. The molecule has 0 heterocycles. The van der Waals surface area contributed by atoms with Crippen LogP contribution in [0.1, 0.15) is 33.1 Å². The quantitative estimate of drug-likeness (QED) is 0.741. The SMILES string of the molecule is CCCC(C)CC(O)CSc1ccc(F)cc1. The van der Waals surface area contributed by atoms with Gasteiger partial charge in [0, 0.05) is 10.6 Å². The van der Waals surface area contributed by atoms with Gasteiger partial charge in [0.2, 0.25) is 0 Å². The van der Waals surface area contributed by atoms with Crippen molar-refractivity contribution >= 4 is 11.8 Å². The van der Waals surface area contributed by atoms with E-state index in [0.717, 1.165) is 17.7 Å². The van der Waals surface area contributed by atoms with Crippen LogP contribution >= 0.6 is 11.8 Å². The number of hydrogen-bond acceptors (Lipinski definition) is 2.